The molecule has 43 heavy (non-hydrogen) atoms. The summed E-state index contributed by atoms with van der Waals surface area (Å²) in [6, 6.07) is 18.3. The van der Waals surface area contributed by atoms with Gasteiger partial charge in [0.2, 0.25) is 5.89 Å². The zero-order chi connectivity index (χ0) is 30.1. The van der Waals surface area contributed by atoms with Gasteiger partial charge in [-0.05, 0) is 80.6 Å². The van der Waals surface area contributed by atoms with Gasteiger partial charge in [-0.15, -0.1) is 10.2 Å². The summed E-state index contributed by atoms with van der Waals surface area (Å²) in [7, 11) is 0. The van der Waals surface area contributed by atoms with E-state index in [1.54, 1.807) is 41.3 Å². The molecule has 1 aliphatic heterocycles. The molecule has 0 bridgehead atoms. The molecule has 4 heterocycles. The summed E-state index contributed by atoms with van der Waals surface area (Å²) >= 11 is 0. The van der Waals surface area contributed by atoms with Crippen molar-refractivity contribution < 1.29 is 18.4 Å². The number of tetrazole rings is 1. The maximum absolute atomic E-state index is 13.9. The van der Waals surface area contributed by atoms with Crippen molar-refractivity contribution in [2.75, 3.05) is 18.4 Å². The van der Waals surface area contributed by atoms with Gasteiger partial charge in [-0.1, -0.05) is 30.3 Å². The smallest absolute Gasteiger partial charge is 0.272 e. The second-order valence-electron chi connectivity index (χ2n) is 11.2. The highest BCUT2D eigenvalue weighted by Gasteiger charge is 2.33. The van der Waals surface area contributed by atoms with Crippen LogP contribution in [-0.2, 0) is 4.79 Å². The number of alkyl halides is 1. The van der Waals surface area contributed by atoms with Crippen LogP contribution >= 0.6 is 0 Å². The highest BCUT2D eigenvalue weighted by atomic mass is 19.1. The van der Waals surface area contributed by atoms with Crippen LogP contribution in [0.1, 0.15) is 54.6 Å². The van der Waals surface area contributed by atoms with Crippen molar-refractivity contribution in [2.24, 2.45) is 5.92 Å². The summed E-state index contributed by atoms with van der Waals surface area (Å²) in [5.74, 6) is 0.232. The van der Waals surface area contributed by atoms with Gasteiger partial charge >= 0.3 is 0 Å². The maximum atomic E-state index is 13.9. The van der Waals surface area contributed by atoms with Crippen LogP contribution in [0.2, 0.25) is 0 Å². The first-order chi connectivity index (χ1) is 20.7. The Morgan fingerprint density at radius 1 is 1.07 bits per heavy atom. The van der Waals surface area contributed by atoms with E-state index in [0.717, 1.165) is 18.4 Å². The van der Waals surface area contributed by atoms with Crippen LogP contribution in [-0.4, -0.2) is 65.6 Å². The molecule has 12 heteroatoms. The number of carbonyl (C=O) groups is 2. The molecule has 1 saturated heterocycles. The Morgan fingerprint density at radius 2 is 1.84 bits per heavy atom. The fraction of sp³-hybridized carbons (Fsp3) is 0.323. The number of nitrogens with one attached hydrogen (secondary N) is 1. The normalized spacial score (nSPS) is 15.0. The number of anilines is 1. The lowest BCUT2D eigenvalue weighted by atomic mass is 9.85. The number of fused-ring (bicyclic) bond motifs is 1. The van der Waals surface area contributed by atoms with E-state index in [-0.39, 0.29) is 17.9 Å². The number of likely N-dealkylation sites (tertiary alicyclic amines) is 1. The first kappa shape index (κ1) is 28.1. The molecule has 2 aromatic carbocycles. The standard InChI is InChI=1S/C31H31FN8O3/c1-19-36-38-40(37-19)27(20-7-5-4-6-8-20)21-12-15-39(16-13-21)29(41)25-17-22(11-14-33-25)28-35-24-18-23(9-10-26(24)43-28)34-30(42)31(2,3)32/h4-11,14,17-18,21,27H,12-13,15-16H2,1-3H3,(H,34,42). The zero-order valence-corrected chi connectivity index (χ0v) is 24.1. The van der Waals surface area contributed by atoms with Crippen molar-refractivity contribution in [2.45, 2.75) is 45.3 Å². The molecule has 220 valence electrons. The van der Waals surface area contributed by atoms with Gasteiger partial charge in [0.1, 0.15) is 17.3 Å². The van der Waals surface area contributed by atoms with Crippen molar-refractivity contribution in [1.82, 2.24) is 35.1 Å². The minimum atomic E-state index is -2.02. The lowest BCUT2D eigenvalue weighted by Crippen LogP contribution is -2.41. The van der Waals surface area contributed by atoms with Gasteiger partial charge in [0.15, 0.2) is 17.1 Å². The number of carbonyl (C=O) groups excluding carboxylic acids is 2. The van der Waals surface area contributed by atoms with Gasteiger partial charge in [0.05, 0.1) is 0 Å². The molecule has 0 radical (unpaired) electrons. The second-order valence-corrected chi connectivity index (χ2v) is 11.2. The number of nitrogens with zero attached hydrogens (tertiary/aromatic N) is 7. The number of hydrogen-bond acceptors (Lipinski definition) is 8. The molecule has 6 rings (SSSR count). The summed E-state index contributed by atoms with van der Waals surface area (Å²) in [6.07, 6.45) is 3.10. The number of benzene rings is 2. The average molecular weight is 583 g/mol. The van der Waals surface area contributed by atoms with Crippen LogP contribution in [0.4, 0.5) is 10.1 Å². The van der Waals surface area contributed by atoms with Crippen molar-refractivity contribution in [3.05, 3.63) is 83.9 Å². The number of oxazole rings is 1. The van der Waals surface area contributed by atoms with E-state index in [0.29, 0.717) is 52.8 Å². The van der Waals surface area contributed by atoms with E-state index in [2.05, 4.69) is 42.8 Å². The van der Waals surface area contributed by atoms with Crippen LogP contribution in [0, 0.1) is 12.8 Å². The summed E-state index contributed by atoms with van der Waals surface area (Å²) in [5.41, 5.74) is 1.36. The Balaban J connectivity index is 1.16. The van der Waals surface area contributed by atoms with Gasteiger partial charge < -0.3 is 14.6 Å². The van der Waals surface area contributed by atoms with Crippen LogP contribution in [0.3, 0.4) is 0 Å². The molecule has 1 aliphatic rings. The summed E-state index contributed by atoms with van der Waals surface area (Å²) in [6.45, 7) is 5.34. The third kappa shape index (κ3) is 5.99. The molecular formula is C31H31FN8O3. The Morgan fingerprint density at radius 3 is 2.53 bits per heavy atom. The predicted octanol–water partition coefficient (Wildman–Crippen LogP) is 5.01. The highest BCUT2D eigenvalue weighted by molar-refractivity contribution is 5.98. The fourth-order valence-corrected chi connectivity index (χ4v) is 5.33. The van der Waals surface area contributed by atoms with Crippen LogP contribution in [0.25, 0.3) is 22.6 Å². The third-order valence-electron chi connectivity index (χ3n) is 7.60. The van der Waals surface area contributed by atoms with Crippen LogP contribution in [0.15, 0.2) is 71.3 Å². The maximum Gasteiger partial charge on any atom is 0.272 e. The number of pyridine rings is 1. The van der Waals surface area contributed by atoms with E-state index < -0.39 is 11.6 Å². The zero-order valence-electron chi connectivity index (χ0n) is 24.1. The molecule has 1 fully saturated rings. The van der Waals surface area contributed by atoms with Gasteiger partial charge in [-0.2, -0.15) is 4.80 Å². The van der Waals surface area contributed by atoms with Crippen molar-refractivity contribution in [3.63, 3.8) is 0 Å². The van der Waals surface area contributed by atoms with E-state index in [1.807, 2.05) is 30.0 Å². The number of aromatic nitrogens is 6. The Bertz CT molecular complexity index is 1770. The Hall–Kier alpha value is -5.00. The molecule has 2 amide bonds. The molecule has 1 atom stereocenters. The first-order valence-electron chi connectivity index (χ1n) is 14.1. The Labute approximate surface area is 247 Å². The number of halogens is 1. The van der Waals surface area contributed by atoms with Gasteiger partial charge in [0.25, 0.3) is 11.8 Å². The van der Waals surface area contributed by atoms with E-state index in [4.69, 9.17) is 4.42 Å². The van der Waals surface area contributed by atoms with E-state index in [9.17, 15) is 14.0 Å². The molecule has 0 saturated carbocycles. The Kier molecular flexibility index (Phi) is 7.43. The SMILES string of the molecule is Cc1nnn(C(c2ccccc2)C2CCN(C(=O)c3cc(-c4nc5cc(NC(=O)C(C)(C)F)ccc5o4)ccn3)CC2)n1. The monoisotopic (exact) mass is 582 g/mol. The highest BCUT2D eigenvalue weighted by Crippen LogP contribution is 2.34. The number of hydrogen-bond donors (Lipinski definition) is 1. The second kappa shape index (κ2) is 11.3. The van der Waals surface area contributed by atoms with Crippen LogP contribution in [0.5, 0.6) is 0 Å². The molecule has 0 spiro atoms. The molecule has 3 aromatic heterocycles. The lowest BCUT2D eigenvalue weighted by molar-refractivity contribution is -0.125. The predicted molar refractivity (Wildman–Crippen MR) is 157 cm³/mol. The topological polar surface area (TPSA) is 132 Å². The number of rotatable bonds is 7. The largest absolute Gasteiger partial charge is 0.436 e. The first-order valence-corrected chi connectivity index (χ1v) is 14.1. The quantitative estimate of drug-likeness (QED) is 0.283. The molecule has 11 nitrogen and oxygen atoms in total. The van der Waals surface area contributed by atoms with E-state index >= 15 is 0 Å². The van der Waals surface area contributed by atoms with Crippen molar-refractivity contribution in [1.29, 1.82) is 0 Å². The summed E-state index contributed by atoms with van der Waals surface area (Å²) in [4.78, 5) is 37.9. The molecule has 0 aliphatic carbocycles. The number of piperidine rings is 1. The minimum absolute atomic E-state index is 0.0717. The number of aryl methyl sites for hydroxylation is 1. The number of amides is 2. The van der Waals surface area contributed by atoms with Gasteiger partial charge in [-0.25, -0.2) is 9.37 Å². The summed E-state index contributed by atoms with van der Waals surface area (Å²) in [5, 5.41) is 15.4. The minimum Gasteiger partial charge on any atom is -0.436 e. The van der Waals surface area contributed by atoms with Crippen LogP contribution < -0.4 is 5.32 Å². The molecule has 1 N–H and O–H groups in total. The van der Waals surface area contributed by atoms with Crippen molar-refractivity contribution in [3.8, 4) is 11.5 Å². The van der Waals surface area contributed by atoms with Gasteiger partial charge in [-0.3, -0.25) is 14.6 Å². The fourth-order valence-electron chi connectivity index (χ4n) is 5.33. The molecular weight excluding hydrogens is 551 g/mol. The van der Waals surface area contributed by atoms with Crippen molar-refractivity contribution >= 4 is 28.6 Å². The molecule has 1 unspecified atom stereocenters. The molecule has 5 aromatic rings. The lowest BCUT2D eigenvalue weighted by Gasteiger charge is -2.35. The summed E-state index contributed by atoms with van der Waals surface area (Å²) < 4.78 is 19.9. The van der Waals surface area contributed by atoms with E-state index in [1.165, 1.54) is 13.8 Å². The average Bonchev–Trinajstić information content (AvgIpc) is 3.63. The van der Waals surface area contributed by atoms with Gasteiger partial charge in [0, 0.05) is 30.5 Å². The third-order valence-corrected chi connectivity index (χ3v) is 7.60.